The van der Waals surface area contributed by atoms with Crippen LogP contribution in [0.15, 0.2) is 58.4 Å². The molecule has 0 saturated carbocycles. The highest BCUT2D eigenvalue weighted by Gasteiger charge is 2.44. The lowest BCUT2D eigenvalue weighted by Crippen LogP contribution is -2.39. The van der Waals surface area contributed by atoms with Gasteiger partial charge in [0, 0.05) is 26.2 Å². The number of phenols is 1. The molecule has 1 aromatic heterocycles. The van der Waals surface area contributed by atoms with Gasteiger partial charge >= 0.3 is 0 Å². The Kier molecular flexibility index (Phi) is 5.87. The summed E-state index contributed by atoms with van der Waals surface area (Å²) in [5.41, 5.74) is 0.624. The molecule has 1 aromatic carbocycles. The van der Waals surface area contributed by atoms with Gasteiger partial charge < -0.3 is 24.3 Å². The zero-order chi connectivity index (χ0) is 21.1. The van der Waals surface area contributed by atoms with Gasteiger partial charge in [-0.25, -0.2) is 0 Å². The van der Waals surface area contributed by atoms with Crippen molar-refractivity contribution in [3.05, 3.63) is 65.3 Å². The third-order valence-electron chi connectivity index (χ3n) is 5.48. The molecule has 1 amide bonds. The molecule has 1 fully saturated rings. The van der Waals surface area contributed by atoms with E-state index in [2.05, 4.69) is 4.90 Å². The van der Waals surface area contributed by atoms with Gasteiger partial charge in [-0.15, -0.1) is 0 Å². The van der Waals surface area contributed by atoms with Gasteiger partial charge in [-0.05, 0) is 36.2 Å². The molecule has 0 aliphatic carbocycles. The Morgan fingerprint density at radius 3 is 2.47 bits per heavy atom. The SMILES string of the molecule is O=C(C1=C(O)C(=O)N(CCCN2CCOCC2)C1c1ccc(O)cc1)c1ccco1. The van der Waals surface area contributed by atoms with E-state index in [4.69, 9.17) is 9.15 Å². The van der Waals surface area contributed by atoms with Crippen LogP contribution in [0.1, 0.15) is 28.6 Å². The summed E-state index contributed by atoms with van der Waals surface area (Å²) >= 11 is 0. The number of morpholine rings is 1. The number of nitrogens with zero attached hydrogens (tertiary/aromatic N) is 2. The molecular weight excluding hydrogens is 388 g/mol. The molecule has 8 nitrogen and oxygen atoms in total. The number of aliphatic hydroxyl groups excluding tert-OH is 1. The fourth-order valence-electron chi connectivity index (χ4n) is 3.95. The summed E-state index contributed by atoms with van der Waals surface area (Å²) in [4.78, 5) is 29.7. The first-order valence-corrected chi connectivity index (χ1v) is 9.97. The van der Waals surface area contributed by atoms with E-state index < -0.39 is 23.5 Å². The molecule has 0 radical (unpaired) electrons. The van der Waals surface area contributed by atoms with Gasteiger partial charge in [0.25, 0.3) is 5.91 Å². The van der Waals surface area contributed by atoms with Crippen LogP contribution in [0, 0.1) is 0 Å². The van der Waals surface area contributed by atoms with Gasteiger partial charge in [-0.1, -0.05) is 12.1 Å². The van der Waals surface area contributed by atoms with Crippen molar-refractivity contribution in [1.29, 1.82) is 0 Å². The Hall–Kier alpha value is -3.10. The summed E-state index contributed by atoms with van der Waals surface area (Å²) in [6, 6.07) is 8.62. The Labute approximate surface area is 174 Å². The Morgan fingerprint density at radius 2 is 1.80 bits per heavy atom. The first-order chi connectivity index (χ1) is 14.6. The maximum absolute atomic E-state index is 13.0. The molecule has 158 valence electrons. The number of benzene rings is 1. The largest absolute Gasteiger partial charge is 0.508 e. The van der Waals surface area contributed by atoms with Crippen LogP contribution in [0.2, 0.25) is 0 Å². The summed E-state index contributed by atoms with van der Waals surface area (Å²) in [5.74, 6) is -1.53. The summed E-state index contributed by atoms with van der Waals surface area (Å²) in [5, 5.41) is 20.2. The molecular formula is C22H24N2O6. The lowest BCUT2D eigenvalue weighted by molar-refractivity contribution is -0.129. The lowest BCUT2D eigenvalue weighted by atomic mass is 9.95. The van der Waals surface area contributed by atoms with Crippen molar-refractivity contribution in [2.24, 2.45) is 0 Å². The second-order valence-corrected chi connectivity index (χ2v) is 7.37. The molecule has 0 bridgehead atoms. The van der Waals surface area contributed by atoms with E-state index in [1.165, 1.54) is 29.4 Å². The molecule has 1 unspecified atom stereocenters. The number of ether oxygens (including phenoxy) is 1. The summed E-state index contributed by atoms with van der Waals surface area (Å²) in [6.07, 6.45) is 2.06. The van der Waals surface area contributed by atoms with E-state index in [0.29, 0.717) is 31.7 Å². The van der Waals surface area contributed by atoms with E-state index in [1.54, 1.807) is 18.2 Å². The third kappa shape index (κ3) is 3.96. The van der Waals surface area contributed by atoms with Crippen molar-refractivity contribution < 1.29 is 29.0 Å². The predicted octanol–water partition coefficient (Wildman–Crippen LogP) is 2.29. The first-order valence-electron chi connectivity index (χ1n) is 9.97. The van der Waals surface area contributed by atoms with Crippen LogP contribution in [0.5, 0.6) is 5.75 Å². The maximum Gasteiger partial charge on any atom is 0.290 e. The number of amides is 1. The van der Waals surface area contributed by atoms with Gasteiger partial charge in [-0.3, -0.25) is 14.5 Å². The number of hydrogen-bond donors (Lipinski definition) is 2. The number of phenolic OH excluding ortho intramolecular Hbond substituents is 1. The van der Waals surface area contributed by atoms with Gasteiger partial charge in [0.2, 0.25) is 5.78 Å². The predicted molar refractivity (Wildman–Crippen MR) is 107 cm³/mol. The number of rotatable bonds is 7. The standard InChI is InChI=1S/C22H24N2O6/c25-16-6-4-15(5-7-16)19-18(20(26)17-3-1-12-30-17)21(27)22(28)24(19)9-2-8-23-10-13-29-14-11-23/h1,3-7,12,19,25,27H,2,8-11,13-14H2. The topological polar surface area (TPSA) is 103 Å². The molecule has 2 aliphatic heterocycles. The number of ketones is 1. The average Bonchev–Trinajstić information content (AvgIpc) is 3.38. The van der Waals surface area contributed by atoms with Crippen molar-refractivity contribution in [2.75, 3.05) is 39.4 Å². The van der Waals surface area contributed by atoms with Gasteiger partial charge in [0.1, 0.15) is 5.75 Å². The average molecular weight is 412 g/mol. The highest BCUT2D eigenvalue weighted by atomic mass is 16.5. The second-order valence-electron chi connectivity index (χ2n) is 7.37. The minimum Gasteiger partial charge on any atom is -0.508 e. The van der Waals surface area contributed by atoms with Crippen molar-refractivity contribution >= 4 is 11.7 Å². The van der Waals surface area contributed by atoms with Crippen LogP contribution >= 0.6 is 0 Å². The fraction of sp³-hybridized carbons (Fsp3) is 0.364. The molecule has 1 saturated heterocycles. The zero-order valence-corrected chi connectivity index (χ0v) is 16.5. The minimum absolute atomic E-state index is 0.00740. The molecule has 0 spiro atoms. The second kappa shape index (κ2) is 8.73. The molecule has 4 rings (SSSR count). The smallest absolute Gasteiger partial charge is 0.290 e. The normalized spacial score (nSPS) is 20.2. The number of Topliss-reactive ketones (excluding diaryl/α,β-unsaturated/α-hetero) is 1. The highest BCUT2D eigenvalue weighted by Crippen LogP contribution is 2.39. The van der Waals surface area contributed by atoms with Crippen LogP contribution in [-0.4, -0.2) is 71.1 Å². The molecule has 3 heterocycles. The first kappa shape index (κ1) is 20.2. The van der Waals surface area contributed by atoms with Crippen LogP contribution in [0.4, 0.5) is 0 Å². The highest BCUT2D eigenvalue weighted by molar-refractivity contribution is 6.15. The number of hydrogen-bond acceptors (Lipinski definition) is 7. The van der Waals surface area contributed by atoms with Crippen LogP contribution in [-0.2, 0) is 9.53 Å². The van der Waals surface area contributed by atoms with Crippen molar-refractivity contribution in [1.82, 2.24) is 9.80 Å². The number of carbonyl (C=O) groups excluding carboxylic acids is 2. The quantitative estimate of drug-likeness (QED) is 0.673. The van der Waals surface area contributed by atoms with E-state index in [9.17, 15) is 19.8 Å². The van der Waals surface area contributed by atoms with Crippen molar-refractivity contribution in [3.63, 3.8) is 0 Å². The lowest BCUT2D eigenvalue weighted by Gasteiger charge is -2.30. The molecule has 30 heavy (non-hydrogen) atoms. The van der Waals surface area contributed by atoms with Crippen LogP contribution < -0.4 is 0 Å². The molecule has 1 atom stereocenters. The van der Waals surface area contributed by atoms with E-state index in [1.807, 2.05) is 0 Å². The minimum atomic E-state index is -0.750. The summed E-state index contributed by atoms with van der Waals surface area (Å²) in [7, 11) is 0. The van der Waals surface area contributed by atoms with Crippen LogP contribution in [0.3, 0.4) is 0 Å². The third-order valence-corrected chi connectivity index (χ3v) is 5.48. The maximum atomic E-state index is 13.0. The van der Waals surface area contributed by atoms with E-state index in [-0.39, 0.29) is 17.1 Å². The Morgan fingerprint density at radius 1 is 1.07 bits per heavy atom. The summed E-state index contributed by atoms with van der Waals surface area (Å²) < 4.78 is 10.6. The number of aliphatic hydroxyl groups is 1. The molecule has 2 aliphatic rings. The fourth-order valence-corrected chi connectivity index (χ4v) is 3.95. The van der Waals surface area contributed by atoms with Gasteiger partial charge in [-0.2, -0.15) is 0 Å². The van der Waals surface area contributed by atoms with E-state index in [0.717, 1.165) is 19.6 Å². The van der Waals surface area contributed by atoms with Crippen LogP contribution in [0.25, 0.3) is 0 Å². The Bertz CT molecular complexity index is 929. The number of aromatic hydroxyl groups is 1. The molecule has 2 aromatic rings. The molecule has 2 N–H and O–H groups in total. The van der Waals surface area contributed by atoms with Crippen molar-refractivity contribution in [2.45, 2.75) is 12.5 Å². The zero-order valence-electron chi connectivity index (χ0n) is 16.5. The number of furan rings is 1. The monoisotopic (exact) mass is 412 g/mol. The summed E-state index contributed by atoms with van der Waals surface area (Å²) in [6.45, 7) is 4.26. The van der Waals surface area contributed by atoms with Gasteiger partial charge in [0.15, 0.2) is 11.5 Å². The van der Waals surface area contributed by atoms with Gasteiger partial charge in [0.05, 0.1) is 31.1 Å². The Balaban J connectivity index is 1.59. The van der Waals surface area contributed by atoms with E-state index >= 15 is 0 Å². The number of carbonyl (C=O) groups is 2. The molecule has 8 heteroatoms. The van der Waals surface area contributed by atoms with Crippen molar-refractivity contribution in [3.8, 4) is 5.75 Å².